The van der Waals surface area contributed by atoms with Gasteiger partial charge in [0, 0.05) is 11.6 Å². The van der Waals surface area contributed by atoms with E-state index in [4.69, 9.17) is 4.74 Å². The summed E-state index contributed by atoms with van der Waals surface area (Å²) in [4.78, 5) is 0. The lowest BCUT2D eigenvalue weighted by atomic mass is 9.96. The van der Waals surface area contributed by atoms with Crippen molar-refractivity contribution >= 4 is 0 Å². The summed E-state index contributed by atoms with van der Waals surface area (Å²) >= 11 is 0. The molecule has 0 radical (unpaired) electrons. The molecule has 1 unspecified atom stereocenters. The maximum atomic E-state index is 9.95. The number of phenolic OH excluding ortho intramolecular Hbond substituents is 1. The topological polar surface area (TPSA) is 41.5 Å². The van der Waals surface area contributed by atoms with Crippen LogP contribution in [0.25, 0.3) is 0 Å². The molecular formula is C13H17NO2. The molecule has 16 heavy (non-hydrogen) atoms. The van der Waals surface area contributed by atoms with E-state index in [0.29, 0.717) is 25.0 Å². The summed E-state index contributed by atoms with van der Waals surface area (Å²) in [6.07, 6.45) is 3.39. The first-order valence-corrected chi connectivity index (χ1v) is 5.98. The van der Waals surface area contributed by atoms with Crippen LogP contribution in [0.3, 0.4) is 0 Å². The van der Waals surface area contributed by atoms with E-state index in [2.05, 4.69) is 5.32 Å². The monoisotopic (exact) mass is 219 g/mol. The molecule has 0 saturated carbocycles. The molecule has 1 saturated heterocycles. The number of hydrogen-bond acceptors (Lipinski definition) is 3. The number of ether oxygens (including phenoxy) is 1. The van der Waals surface area contributed by atoms with E-state index in [0.717, 1.165) is 18.5 Å². The molecule has 2 aliphatic rings. The number of hydrogen-bond donors (Lipinski definition) is 2. The zero-order valence-corrected chi connectivity index (χ0v) is 9.33. The van der Waals surface area contributed by atoms with Crippen LogP contribution in [-0.4, -0.2) is 17.7 Å². The highest BCUT2D eigenvalue weighted by Crippen LogP contribution is 2.31. The zero-order chi connectivity index (χ0) is 11.0. The average molecular weight is 219 g/mol. The number of rotatable bonds is 2. The van der Waals surface area contributed by atoms with Crippen LogP contribution < -0.4 is 5.32 Å². The molecule has 0 spiro atoms. The fourth-order valence-electron chi connectivity index (χ4n) is 2.71. The van der Waals surface area contributed by atoms with Gasteiger partial charge in [-0.15, -0.1) is 0 Å². The molecule has 3 rings (SSSR count). The van der Waals surface area contributed by atoms with Gasteiger partial charge in [-0.3, -0.25) is 0 Å². The second-order valence-corrected chi connectivity index (χ2v) is 4.69. The van der Waals surface area contributed by atoms with Gasteiger partial charge in [-0.1, -0.05) is 6.07 Å². The van der Waals surface area contributed by atoms with Crippen molar-refractivity contribution in [1.29, 1.82) is 0 Å². The molecule has 0 aliphatic carbocycles. The second-order valence-electron chi connectivity index (χ2n) is 4.69. The van der Waals surface area contributed by atoms with Gasteiger partial charge in [0.2, 0.25) is 0 Å². The molecular weight excluding hydrogens is 202 g/mol. The normalized spacial score (nSPS) is 23.6. The first kappa shape index (κ1) is 10.1. The van der Waals surface area contributed by atoms with Crippen LogP contribution in [0.5, 0.6) is 5.75 Å². The van der Waals surface area contributed by atoms with Gasteiger partial charge in [0.1, 0.15) is 5.75 Å². The summed E-state index contributed by atoms with van der Waals surface area (Å²) in [6.45, 7) is 2.46. The lowest BCUT2D eigenvalue weighted by Gasteiger charge is -2.14. The number of fused-ring (bicyclic) bond motifs is 1. The maximum absolute atomic E-state index is 9.95. The minimum absolute atomic E-state index is 0.429. The summed E-state index contributed by atoms with van der Waals surface area (Å²) < 4.78 is 5.44. The third kappa shape index (κ3) is 1.70. The van der Waals surface area contributed by atoms with Gasteiger partial charge in [-0.25, -0.2) is 0 Å². The Balaban J connectivity index is 1.90. The highest BCUT2D eigenvalue weighted by molar-refractivity contribution is 5.45. The molecule has 2 aliphatic heterocycles. The third-order valence-corrected chi connectivity index (χ3v) is 3.62. The Kier molecular flexibility index (Phi) is 2.58. The van der Waals surface area contributed by atoms with E-state index >= 15 is 0 Å². The minimum Gasteiger partial charge on any atom is -0.508 e. The van der Waals surface area contributed by atoms with Crippen LogP contribution in [-0.2, 0) is 24.4 Å². The number of nitrogens with one attached hydrogen (secondary N) is 1. The predicted molar refractivity (Wildman–Crippen MR) is 61.3 cm³/mol. The van der Waals surface area contributed by atoms with Crippen molar-refractivity contribution in [2.24, 2.45) is 0 Å². The van der Waals surface area contributed by atoms with Gasteiger partial charge in [-0.05, 0) is 43.0 Å². The van der Waals surface area contributed by atoms with Gasteiger partial charge in [0.25, 0.3) is 0 Å². The Morgan fingerprint density at radius 1 is 1.38 bits per heavy atom. The standard InChI is InChI=1S/C13H17NO2/c15-13-4-3-9-7-16-8-12(9)11(13)6-10-2-1-5-14-10/h3-4,10,14-15H,1-2,5-8H2. The molecule has 1 atom stereocenters. The summed E-state index contributed by atoms with van der Waals surface area (Å²) in [5.41, 5.74) is 3.55. The van der Waals surface area contributed by atoms with Crippen molar-refractivity contribution in [3.05, 3.63) is 28.8 Å². The third-order valence-electron chi connectivity index (χ3n) is 3.62. The van der Waals surface area contributed by atoms with Crippen LogP contribution in [0.4, 0.5) is 0 Å². The van der Waals surface area contributed by atoms with Crippen molar-refractivity contribution in [2.45, 2.75) is 38.5 Å². The quantitative estimate of drug-likeness (QED) is 0.795. The molecule has 1 aromatic carbocycles. The zero-order valence-electron chi connectivity index (χ0n) is 9.33. The van der Waals surface area contributed by atoms with Crippen molar-refractivity contribution < 1.29 is 9.84 Å². The molecule has 2 N–H and O–H groups in total. The predicted octanol–water partition coefficient (Wildman–Crippen LogP) is 1.72. The van der Waals surface area contributed by atoms with Gasteiger partial charge in [-0.2, -0.15) is 0 Å². The van der Waals surface area contributed by atoms with Gasteiger partial charge < -0.3 is 15.2 Å². The fourth-order valence-corrected chi connectivity index (χ4v) is 2.71. The van der Waals surface area contributed by atoms with E-state index in [1.807, 2.05) is 6.07 Å². The summed E-state index contributed by atoms with van der Waals surface area (Å²) in [7, 11) is 0. The van der Waals surface area contributed by atoms with Crippen LogP contribution in [0.2, 0.25) is 0 Å². The molecule has 0 aromatic heterocycles. The molecule has 1 aromatic rings. The summed E-state index contributed by atoms with van der Waals surface area (Å²) in [6, 6.07) is 4.30. The van der Waals surface area contributed by atoms with E-state index in [9.17, 15) is 5.11 Å². The Hall–Kier alpha value is -1.06. The van der Waals surface area contributed by atoms with Crippen molar-refractivity contribution in [3.8, 4) is 5.75 Å². The first-order valence-electron chi connectivity index (χ1n) is 5.98. The molecule has 86 valence electrons. The SMILES string of the molecule is Oc1ccc2c(c1CC1CCCN1)COC2. The van der Waals surface area contributed by atoms with E-state index < -0.39 is 0 Å². The van der Waals surface area contributed by atoms with Crippen LogP contribution in [0.15, 0.2) is 12.1 Å². The molecule has 3 heteroatoms. The molecule has 2 heterocycles. The second kappa shape index (κ2) is 4.07. The van der Waals surface area contributed by atoms with Gasteiger partial charge in [0.05, 0.1) is 13.2 Å². The highest BCUT2D eigenvalue weighted by Gasteiger charge is 2.22. The minimum atomic E-state index is 0.429. The Morgan fingerprint density at radius 2 is 2.31 bits per heavy atom. The molecule has 0 bridgehead atoms. The van der Waals surface area contributed by atoms with Crippen LogP contribution in [0.1, 0.15) is 29.5 Å². The Morgan fingerprint density at radius 3 is 3.12 bits per heavy atom. The van der Waals surface area contributed by atoms with Crippen molar-refractivity contribution in [1.82, 2.24) is 5.32 Å². The molecule has 0 amide bonds. The summed E-state index contributed by atoms with van der Waals surface area (Å²) in [5, 5.41) is 13.4. The fraction of sp³-hybridized carbons (Fsp3) is 0.538. The number of benzene rings is 1. The summed E-state index contributed by atoms with van der Waals surface area (Å²) in [5.74, 6) is 0.429. The van der Waals surface area contributed by atoms with E-state index in [1.54, 1.807) is 6.07 Å². The molecule has 3 nitrogen and oxygen atoms in total. The smallest absolute Gasteiger partial charge is 0.119 e. The van der Waals surface area contributed by atoms with Crippen molar-refractivity contribution in [2.75, 3.05) is 6.54 Å². The van der Waals surface area contributed by atoms with Crippen molar-refractivity contribution in [3.63, 3.8) is 0 Å². The largest absolute Gasteiger partial charge is 0.508 e. The van der Waals surface area contributed by atoms with E-state index in [1.165, 1.54) is 24.0 Å². The number of phenols is 1. The van der Waals surface area contributed by atoms with Crippen LogP contribution in [0, 0.1) is 0 Å². The van der Waals surface area contributed by atoms with Gasteiger partial charge in [0.15, 0.2) is 0 Å². The lowest BCUT2D eigenvalue weighted by Crippen LogP contribution is -2.24. The average Bonchev–Trinajstić information content (AvgIpc) is 2.92. The maximum Gasteiger partial charge on any atom is 0.119 e. The Labute approximate surface area is 95.4 Å². The molecule has 1 fully saturated rings. The first-order chi connectivity index (χ1) is 7.84. The van der Waals surface area contributed by atoms with Crippen LogP contribution >= 0.6 is 0 Å². The lowest BCUT2D eigenvalue weighted by molar-refractivity contribution is 0.134. The van der Waals surface area contributed by atoms with E-state index in [-0.39, 0.29) is 0 Å². The highest BCUT2D eigenvalue weighted by atomic mass is 16.5. The Bertz CT molecular complexity index is 397. The van der Waals surface area contributed by atoms with Gasteiger partial charge >= 0.3 is 0 Å². The number of aromatic hydroxyl groups is 1.